The maximum absolute atomic E-state index is 5.20. The Morgan fingerprint density at radius 3 is 1.40 bits per heavy atom. The maximum atomic E-state index is 5.20. The third kappa shape index (κ3) is 5.14. The standard InChI is InChI=1S/C53H33N5/c1-2-16-41(17-3-1)57-47-20-10-8-18-43(47)45-32-40(26-29-49(45)57)53-55-51(54-52(56-53)39-23-22-34-12-4-5-13-36(34)30-39)35-24-27-42(28-25-35)58-48-21-11-9-19-44(48)46-31-37-14-6-7-15-38(37)33-50(46)58/h1-33H. The molecule has 3 aromatic heterocycles. The Morgan fingerprint density at radius 1 is 0.259 bits per heavy atom. The predicted molar refractivity (Wildman–Crippen MR) is 240 cm³/mol. The van der Waals surface area contributed by atoms with Crippen molar-refractivity contribution in [3.63, 3.8) is 0 Å². The van der Waals surface area contributed by atoms with E-state index >= 15 is 0 Å². The van der Waals surface area contributed by atoms with Gasteiger partial charge in [0.25, 0.3) is 0 Å². The summed E-state index contributed by atoms with van der Waals surface area (Å²) >= 11 is 0. The summed E-state index contributed by atoms with van der Waals surface area (Å²) in [6.45, 7) is 0. The Bertz CT molecular complexity index is 3560. The van der Waals surface area contributed by atoms with Crippen molar-refractivity contribution in [3.8, 4) is 45.5 Å². The molecule has 270 valence electrons. The van der Waals surface area contributed by atoms with E-state index in [1.807, 2.05) is 0 Å². The summed E-state index contributed by atoms with van der Waals surface area (Å²) in [4.78, 5) is 15.5. The predicted octanol–water partition coefficient (Wildman–Crippen LogP) is 13.4. The highest BCUT2D eigenvalue weighted by Gasteiger charge is 2.18. The fourth-order valence-corrected chi connectivity index (χ4v) is 8.75. The number of rotatable bonds is 5. The molecule has 0 amide bonds. The van der Waals surface area contributed by atoms with E-state index < -0.39 is 0 Å². The lowest BCUT2D eigenvalue weighted by Crippen LogP contribution is -2.01. The largest absolute Gasteiger partial charge is 0.309 e. The second-order valence-corrected chi connectivity index (χ2v) is 14.9. The van der Waals surface area contributed by atoms with Gasteiger partial charge >= 0.3 is 0 Å². The second-order valence-electron chi connectivity index (χ2n) is 14.9. The molecule has 0 radical (unpaired) electrons. The first kappa shape index (κ1) is 32.4. The van der Waals surface area contributed by atoms with E-state index in [9.17, 15) is 0 Å². The molecule has 0 N–H and O–H groups in total. The molecule has 0 aliphatic heterocycles. The van der Waals surface area contributed by atoms with Crippen LogP contribution in [0.25, 0.3) is 111 Å². The molecule has 12 aromatic rings. The Balaban J connectivity index is 1.03. The lowest BCUT2D eigenvalue weighted by molar-refractivity contribution is 1.07. The highest BCUT2D eigenvalue weighted by atomic mass is 15.0. The number of para-hydroxylation sites is 3. The van der Waals surface area contributed by atoms with Gasteiger partial charge in [-0.2, -0.15) is 0 Å². The van der Waals surface area contributed by atoms with Crippen molar-refractivity contribution in [2.45, 2.75) is 0 Å². The molecule has 0 saturated heterocycles. The normalized spacial score (nSPS) is 11.8. The summed E-state index contributed by atoms with van der Waals surface area (Å²) in [5.74, 6) is 1.89. The number of fused-ring (bicyclic) bond motifs is 8. The summed E-state index contributed by atoms with van der Waals surface area (Å²) in [5, 5.41) is 9.58. The Hall–Kier alpha value is -7.89. The van der Waals surface area contributed by atoms with E-state index in [-0.39, 0.29) is 0 Å². The van der Waals surface area contributed by atoms with Crippen molar-refractivity contribution in [2.24, 2.45) is 0 Å². The topological polar surface area (TPSA) is 48.5 Å². The Labute approximate surface area is 333 Å². The molecule has 0 unspecified atom stereocenters. The average molecular weight is 740 g/mol. The monoisotopic (exact) mass is 739 g/mol. The number of nitrogens with zero attached hydrogens (tertiary/aromatic N) is 5. The molecule has 3 heterocycles. The zero-order chi connectivity index (χ0) is 38.2. The highest BCUT2D eigenvalue weighted by Crippen LogP contribution is 2.37. The van der Waals surface area contributed by atoms with Crippen molar-refractivity contribution in [3.05, 3.63) is 200 Å². The van der Waals surface area contributed by atoms with Crippen molar-refractivity contribution < 1.29 is 0 Å². The van der Waals surface area contributed by atoms with Gasteiger partial charge in [-0.1, -0.05) is 115 Å². The fourth-order valence-electron chi connectivity index (χ4n) is 8.75. The van der Waals surface area contributed by atoms with Crippen molar-refractivity contribution in [1.82, 2.24) is 24.1 Å². The van der Waals surface area contributed by atoms with Gasteiger partial charge in [0.2, 0.25) is 0 Å². The number of hydrogen-bond donors (Lipinski definition) is 0. The van der Waals surface area contributed by atoms with E-state index in [4.69, 9.17) is 15.0 Å². The first-order valence-electron chi connectivity index (χ1n) is 19.6. The van der Waals surface area contributed by atoms with Gasteiger partial charge in [0.15, 0.2) is 17.5 Å². The lowest BCUT2D eigenvalue weighted by Gasteiger charge is -2.12. The molecule has 58 heavy (non-hydrogen) atoms. The molecule has 0 aliphatic rings. The minimum atomic E-state index is 0.625. The third-order valence-electron chi connectivity index (χ3n) is 11.5. The van der Waals surface area contributed by atoms with E-state index in [1.165, 1.54) is 43.4 Å². The van der Waals surface area contributed by atoms with Crippen LogP contribution >= 0.6 is 0 Å². The molecular weight excluding hydrogens is 707 g/mol. The van der Waals surface area contributed by atoms with Crippen LogP contribution in [0.2, 0.25) is 0 Å². The summed E-state index contributed by atoms with van der Waals surface area (Å²) in [6, 6.07) is 71.0. The molecule has 5 heteroatoms. The van der Waals surface area contributed by atoms with Crippen LogP contribution < -0.4 is 0 Å². The maximum Gasteiger partial charge on any atom is 0.164 e. The van der Waals surface area contributed by atoms with Crippen molar-refractivity contribution >= 4 is 65.2 Å². The molecule has 0 spiro atoms. The van der Waals surface area contributed by atoms with Gasteiger partial charge in [-0.3, -0.25) is 0 Å². The molecule has 0 bridgehead atoms. The minimum Gasteiger partial charge on any atom is -0.309 e. The minimum absolute atomic E-state index is 0.625. The van der Waals surface area contributed by atoms with Gasteiger partial charge in [-0.15, -0.1) is 0 Å². The van der Waals surface area contributed by atoms with Gasteiger partial charge in [0.1, 0.15) is 0 Å². The molecule has 12 rings (SSSR count). The highest BCUT2D eigenvalue weighted by molar-refractivity contribution is 6.14. The zero-order valence-electron chi connectivity index (χ0n) is 31.3. The van der Waals surface area contributed by atoms with Crippen LogP contribution in [0.4, 0.5) is 0 Å². The smallest absolute Gasteiger partial charge is 0.164 e. The third-order valence-corrected chi connectivity index (χ3v) is 11.5. The van der Waals surface area contributed by atoms with Crippen LogP contribution in [0, 0.1) is 0 Å². The van der Waals surface area contributed by atoms with Crippen LogP contribution in [0.3, 0.4) is 0 Å². The SMILES string of the molecule is c1ccc(-n2c3ccccc3c3cc(-c4nc(-c5ccc(-n6c7ccccc7c7cc8ccccc8cc76)cc5)nc(-c5ccc6ccccc6c5)n4)ccc32)cc1. The van der Waals surface area contributed by atoms with Gasteiger partial charge in [-0.05, 0) is 106 Å². The van der Waals surface area contributed by atoms with Gasteiger partial charge < -0.3 is 9.13 Å². The molecular formula is C53H33N5. The first-order valence-corrected chi connectivity index (χ1v) is 19.6. The number of aromatic nitrogens is 5. The van der Waals surface area contributed by atoms with Gasteiger partial charge in [0, 0.05) is 49.6 Å². The molecule has 0 saturated carbocycles. The molecule has 0 aliphatic carbocycles. The van der Waals surface area contributed by atoms with Crippen LogP contribution in [-0.4, -0.2) is 24.1 Å². The van der Waals surface area contributed by atoms with Crippen LogP contribution in [0.1, 0.15) is 0 Å². The molecule has 0 atom stereocenters. The van der Waals surface area contributed by atoms with E-state index in [1.54, 1.807) is 0 Å². The van der Waals surface area contributed by atoms with E-state index in [2.05, 4.69) is 209 Å². The molecule has 0 fully saturated rings. The fraction of sp³-hybridized carbons (Fsp3) is 0. The quantitative estimate of drug-likeness (QED) is 0.177. The molecule has 5 nitrogen and oxygen atoms in total. The lowest BCUT2D eigenvalue weighted by atomic mass is 10.1. The summed E-state index contributed by atoms with van der Waals surface area (Å²) in [6.07, 6.45) is 0. The summed E-state index contributed by atoms with van der Waals surface area (Å²) in [5.41, 5.74) is 9.64. The van der Waals surface area contributed by atoms with E-state index in [0.29, 0.717) is 17.5 Å². The van der Waals surface area contributed by atoms with E-state index in [0.717, 1.165) is 49.9 Å². The number of hydrogen-bond acceptors (Lipinski definition) is 3. The van der Waals surface area contributed by atoms with Crippen LogP contribution in [-0.2, 0) is 0 Å². The molecule has 9 aromatic carbocycles. The average Bonchev–Trinajstić information content (AvgIpc) is 3.80. The zero-order valence-corrected chi connectivity index (χ0v) is 31.3. The van der Waals surface area contributed by atoms with Gasteiger partial charge in [0.05, 0.1) is 22.1 Å². The van der Waals surface area contributed by atoms with Crippen molar-refractivity contribution in [1.29, 1.82) is 0 Å². The van der Waals surface area contributed by atoms with Gasteiger partial charge in [-0.25, -0.2) is 15.0 Å². The van der Waals surface area contributed by atoms with Crippen molar-refractivity contribution in [2.75, 3.05) is 0 Å². The van der Waals surface area contributed by atoms with Crippen LogP contribution in [0.15, 0.2) is 200 Å². The second kappa shape index (κ2) is 12.8. The Morgan fingerprint density at radius 2 is 0.707 bits per heavy atom. The summed E-state index contributed by atoms with van der Waals surface area (Å²) in [7, 11) is 0. The first-order chi connectivity index (χ1) is 28.7. The Kier molecular flexibility index (Phi) is 7.16. The van der Waals surface area contributed by atoms with Crippen LogP contribution in [0.5, 0.6) is 0 Å². The number of benzene rings is 9. The summed E-state index contributed by atoms with van der Waals surface area (Å²) < 4.78 is 4.69.